The van der Waals surface area contributed by atoms with Gasteiger partial charge in [0.1, 0.15) is 5.75 Å². The van der Waals surface area contributed by atoms with Crippen molar-refractivity contribution < 1.29 is 14.6 Å². The van der Waals surface area contributed by atoms with Gasteiger partial charge in [-0.1, -0.05) is 19.1 Å². The Morgan fingerprint density at radius 1 is 1.21 bits per heavy atom. The van der Waals surface area contributed by atoms with Crippen molar-refractivity contribution in [1.29, 1.82) is 0 Å². The lowest BCUT2D eigenvalue weighted by atomic mass is 9.96. The number of likely N-dealkylation sites (tertiary alicyclic amines) is 2. The quantitative estimate of drug-likeness (QED) is 0.895. The summed E-state index contributed by atoms with van der Waals surface area (Å²) in [5.41, 5.74) is 1.23. The molecule has 1 aromatic carbocycles. The third-order valence-corrected chi connectivity index (χ3v) is 5.09. The molecule has 2 aliphatic heterocycles. The first-order valence-corrected chi connectivity index (χ1v) is 9.02. The standard InChI is InChI=1S/C19H28N2O3/c1-15-12-20(11-8-18(15)22)13-16-4-6-17(7-5-16)24-14-19(23)21-9-2-3-10-21/h4-7,15,18,22H,2-3,8-14H2,1H3/t15-,18+/m0/s1. The molecule has 2 aliphatic rings. The second-order valence-corrected chi connectivity index (χ2v) is 7.09. The number of rotatable bonds is 5. The first kappa shape index (κ1) is 17.2. The molecule has 0 aliphatic carbocycles. The molecule has 5 nitrogen and oxygen atoms in total. The number of aliphatic hydroxyl groups is 1. The minimum absolute atomic E-state index is 0.0810. The number of ether oxygens (including phenoxy) is 1. The molecule has 0 spiro atoms. The molecule has 2 heterocycles. The van der Waals surface area contributed by atoms with Crippen molar-refractivity contribution in [3.05, 3.63) is 29.8 Å². The van der Waals surface area contributed by atoms with Gasteiger partial charge in [0.2, 0.25) is 0 Å². The molecular weight excluding hydrogens is 304 g/mol. The summed E-state index contributed by atoms with van der Waals surface area (Å²) in [6.45, 7) is 6.72. The molecule has 0 bridgehead atoms. The van der Waals surface area contributed by atoms with Crippen LogP contribution in [-0.2, 0) is 11.3 Å². The number of amides is 1. The van der Waals surface area contributed by atoms with Gasteiger partial charge in [0.15, 0.2) is 6.61 Å². The van der Waals surface area contributed by atoms with Gasteiger partial charge in [-0.2, -0.15) is 0 Å². The number of benzene rings is 1. The Labute approximate surface area is 144 Å². The predicted octanol–water partition coefficient (Wildman–Crippen LogP) is 1.89. The van der Waals surface area contributed by atoms with E-state index in [0.29, 0.717) is 5.92 Å². The van der Waals surface area contributed by atoms with E-state index in [9.17, 15) is 9.90 Å². The highest BCUT2D eigenvalue weighted by atomic mass is 16.5. The van der Waals surface area contributed by atoms with E-state index < -0.39 is 0 Å². The lowest BCUT2D eigenvalue weighted by Crippen LogP contribution is -2.41. The highest BCUT2D eigenvalue weighted by Gasteiger charge is 2.24. The van der Waals surface area contributed by atoms with Crippen LogP contribution in [0.3, 0.4) is 0 Å². The number of piperidine rings is 1. The molecule has 0 saturated carbocycles. The summed E-state index contributed by atoms with van der Waals surface area (Å²) in [7, 11) is 0. The van der Waals surface area contributed by atoms with Gasteiger partial charge in [0, 0.05) is 32.7 Å². The fraction of sp³-hybridized carbons (Fsp3) is 0.632. The average Bonchev–Trinajstić information content (AvgIpc) is 3.12. The molecule has 5 heteroatoms. The molecule has 2 fully saturated rings. The third-order valence-electron chi connectivity index (χ3n) is 5.09. The maximum atomic E-state index is 12.0. The Morgan fingerprint density at radius 3 is 2.58 bits per heavy atom. The van der Waals surface area contributed by atoms with Gasteiger partial charge in [0.25, 0.3) is 5.91 Å². The Hall–Kier alpha value is -1.59. The van der Waals surface area contributed by atoms with E-state index in [0.717, 1.165) is 57.7 Å². The van der Waals surface area contributed by atoms with Crippen LogP contribution >= 0.6 is 0 Å². The van der Waals surface area contributed by atoms with Gasteiger partial charge in [-0.15, -0.1) is 0 Å². The molecule has 0 unspecified atom stereocenters. The van der Waals surface area contributed by atoms with Crippen LogP contribution < -0.4 is 4.74 Å². The Bertz CT molecular complexity index is 540. The average molecular weight is 332 g/mol. The zero-order valence-electron chi connectivity index (χ0n) is 14.5. The Balaban J connectivity index is 1.45. The molecule has 24 heavy (non-hydrogen) atoms. The van der Waals surface area contributed by atoms with Gasteiger partial charge >= 0.3 is 0 Å². The topological polar surface area (TPSA) is 53.0 Å². The first-order chi connectivity index (χ1) is 11.6. The van der Waals surface area contributed by atoms with Crippen molar-refractivity contribution in [3.8, 4) is 5.75 Å². The van der Waals surface area contributed by atoms with Crippen molar-refractivity contribution in [1.82, 2.24) is 9.80 Å². The summed E-state index contributed by atoms with van der Waals surface area (Å²) >= 11 is 0. The Kier molecular flexibility index (Phi) is 5.74. The predicted molar refractivity (Wildman–Crippen MR) is 92.8 cm³/mol. The normalized spacial score (nSPS) is 25.0. The van der Waals surface area contributed by atoms with Crippen LogP contribution in [0.25, 0.3) is 0 Å². The molecule has 3 rings (SSSR count). The summed E-state index contributed by atoms with van der Waals surface area (Å²) in [5, 5.41) is 9.81. The van der Waals surface area contributed by atoms with Gasteiger partial charge in [-0.3, -0.25) is 9.69 Å². The number of hydrogen-bond acceptors (Lipinski definition) is 4. The molecule has 1 amide bonds. The highest BCUT2D eigenvalue weighted by molar-refractivity contribution is 5.78. The van der Waals surface area contributed by atoms with E-state index in [1.807, 2.05) is 17.0 Å². The summed E-state index contributed by atoms with van der Waals surface area (Å²) in [6, 6.07) is 8.00. The zero-order chi connectivity index (χ0) is 16.9. The second kappa shape index (κ2) is 7.99. The zero-order valence-corrected chi connectivity index (χ0v) is 14.5. The summed E-state index contributed by atoms with van der Waals surface area (Å²) in [6.07, 6.45) is 2.89. The summed E-state index contributed by atoms with van der Waals surface area (Å²) in [4.78, 5) is 16.2. The van der Waals surface area contributed by atoms with E-state index >= 15 is 0 Å². The minimum Gasteiger partial charge on any atom is -0.484 e. The molecule has 1 N–H and O–H groups in total. The lowest BCUT2D eigenvalue weighted by Gasteiger charge is -2.34. The SMILES string of the molecule is C[C@H]1CN(Cc2ccc(OCC(=O)N3CCCC3)cc2)CC[C@H]1O. The molecule has 0 aromatic heterocycles. The maximum absolute atomic E-state index is 12.0. The molecule has 2 atom stereocenters. The van der Waals surface area contributed by atoms with E-state index in [1.165, 1.54) is 5.56 Å². The van der Waals surface area contributed by atoms with Gasteiger partial charge in [0.05, 0.1) is 6.10 Å². The smallest absolute Gasteiger partial charge is 0.260 e. The molecule has 132 valence electrons. The molecule has 1 aromatic rings. The van der Waals surface area contributed by atoms with Crippen LogP contribution in [-0.4, -0.2) is 59.7 Å². The first-order valence-electron chi connectivity index (χ1n) is 9.02. The minimum atomic E-state index is -0.162. The van der Waals surface area contributed by atoms with Gasteiger partial charge < -0.3 is 14.7 Å². The summed E-state index contributed by atoms with van der Waals surface area (Å²) < 4.78 is 5.62. The summed E-state index contributed by atoms with van der Waals surface area (Å²) in [5.74, 6) is 1.16. The van der Waals surface area contributed by atoms with Crippen LogP contribution in [0.2, 0.25) is 0 Å². The number of nitrogens with zero attached hydrogens (tertiary/aromatic N) is 2. The fourth-order valence-electron chi connectivity index (χ4n) is 3.52. The van der Waals surface area contributed by atoms with Crippen molar-refractivity contribution in [3.63, 3.8) is 0 Å². The molecule has 0 radical (unpaired) electrons. The van der Waals surface area contributed by atoms with E-state index in [1.54, 1.807) is 0 Å². The van der Waals surface area contributed by atoms with Crippen molar-refractivity contribution >= 4 is 5.91 Å². The number of carbonyl (C=O) groups excluding carboxylic acids is 1. The number of carbonyl (C=O) groups is 1. The largest absolute Gasteiger partial charge is 0.484 e. The van der Waals surface area contributed by atoms with Crippen LogP contribution in [0.4, 0.5) is 0 Å². The van der Waals surface area contributed by atoms with E-state index in [-0.39, 0.29) is 18.6 Å². The fourth-order valence-corrected chi connectivity index (χ4v) is 3.52. The second-order valence-electron chi connectivity index (χ2n) is 7.09. The van der Waals surface area contributed by atoms with E-state index in [4.69, 9.17) is 4.74 Å². The lowest BCUT2D eigenvalue weighted by molar-refractivity contribution is -0.132. The van der Waals surface area contributed by atoms with E-state index in [2.05, 4.69) is 24.0 Å². The number of aliphatic hydroxyl groups excluding tert-OH is 1. The van der Waals surface area contributed by atoms with Crippen molar-refractivity contribution in [2.45, 2.75) is 38.8 Å². The monoisotopic (exact) mass is 332 g/mol. The van der Waals surface area contributed by atoms with Crippen LogP contribution in [0.15, 0.2) is 24.3 Å². The van der Waals surface area contributed by atoms with Gasteiger partial charge in [-0.05, 0) is 42.9 Å². The maximum Gasteiger partial charge on any atom is 0.260 e. The molecular formula is C19H28N2O3. The van der Waals surface area contributed by atoms with Crippen LogP contribution in [0, 0.1) is 5.92 Å². The van der Waals surface area contributed by atoms with Crippen LogP contribution in [0.5, 0.6) is 5.75 Å². The third kappa shape index (κ3) is 4.48. The Morgan fingerprint density at radius 2 is 1.92 bits per heavy atom. The van der Waals surface area contributed by atoms with Crippen molar-refractivity contribution in [2.75, 3.05) is 32.8 Å². The number of hydrogen-bond donors (Lipinski definition) is 1. The highest BCUT2D eigenvalue weighted by Crippen LogP contribution is 2.20. The van der Waals surface area contributed by atoms with Gasteiger partial charge in [-0.25, -0.2) is 0 Å². The van der Waals surface area contributed by atoms with Crippen molar-refractivity contribution in [2.24, 2.45) is 5.92 Å². The molecule has 2 saturated heterocycles. The van der Waals surface area contributed by atoms with Crippen LogP contribution in [0.1, 0.15) is 31.7 Å².